The van der Waals surface area contributed by atoms with E-state index in [1.54, 1.807) is 31.2 Å². The molecule has 1 atom stereocenters. The highest BCUT2D eigenvalue weighted by atomic mass is 35.5. The molecule has 0 aliphatic heterocycles. The lowest BCUT2D eigenvalue weighted by Crippen LogP contribution is -2.30. The Morgan fingerprint density at radius 2 is 1.87 bits per heavy atom. The summed E-state index contributed by atoms with van der Waals surface area (Å²) < 4.78 is 5.91. The maximum absolute atomic E-state index is 12.3. The third-order valence-electron chi connectivity index (χ3n) is 3.56. The first-order valence-corrected chi connectivity index (χ1v) is 8.08. The van der Waals surface area contributed by atoms with Crippen molar-refractivity contribution in [3.05, 3.63) is 58.6 Å². The minimum Gasteiger partial charge on any atom is -0.481 e. The number of nitrogens with one attached hydrogen (secondary N) is 1. The van der Waals surface area contributed by atoms with Crippen LogP contribution in [0.5, 0.6) is 5.75 Å². The topological polar surface area (TPSA) is 38.3 Å². The Hall–Kier alpha value is -2.00. The zero-order chi connectivity index (χ0) is 17.0. The molecule has 2 rings (SSSR count). The maximum atomic E-state index is 12.3. The third kappa shape index (κ3) is 4.73. The molecule has 0 unspecified atom stereocenters. The van der Waals surface area contributed by atoms with Gasteiger partial charge in [-0.2, -0.15) is 0 Å². The number of rotatable bonds is 5. The molecule has 0 fully saturated rings. The number of amides is 1. The molecule has 122 valence electrons. The van der Waals surface area contributed by atoms with Crippen molar-refractivity contribution >= 4 is 23.2 Å². The van der Waals surface area contributed by atoms with Crippen LogP contribution in [0.3, 0.4) is 0 Å². The van der Waals surface area contributed by atoms with E-state index in [0.29, 0.717) is 16.6 Å². The Morgan fingerprint density at radius 3 is 2.52 bits per heavy atom. The van der Waals surface area contributed by atoms with Crippen molar-refractivity contribution in [3.8, 4) is 5.75 Å². The number of hydrogen-bond donors (Lipinski definition) is 1. The number of aryl methyl sites for hydroxylation is 1. The van der Waals surface area contributed by atoms with E-state index < -0.39 is 6.10 Å². The molecule has 2 aromatic carbocycles. The van der Waals surface area contributed by atoms with Crippen LogP contribution in [0.1, 0.15) is 37.8 Å². The van der Waals surface area contributed by atoms with Crippen molar-refractivity contribution < 1.29 is 9.53 Å². The van der Waals surface area contributed by atoms with Crippen molar-refractivity contribution in [3.63, 3.8) is 0 Å². The minimum atomic E-state index is -0.603. The predicted molar refractivity (Wildman–Crippen MR) is 95.4 cm³/mol. The second-order valence-corrected chi connectivity index (χ2v) is 6.39. The SMILES string of the molecule is Cc1ccc(C(C)C)c(O[C@H](C)C(=O)Nc2cccc(Cl)c2)c1. The molecule has 1 N–H and O–H groups in total. The molecule has 4 heteroatoms. The zero-order valence-corrected chi connectivity index (χ0v) is 14.6. The van der Waals surface area contributed by atoms with Crippen molar-refractivity contribution in [1.29, 1.82) is 0 Å². The molecule has 0 aromatic heterocycles. The molecular formula is C19H22ClNO2. The van der Waals surface area contributed by atoms with Crippen molar-refractivity contribution in [2.24, 2.45) is 0 Å². The van der Waals surface area contributed by atoms with Crippen LogP contribution in [0.4, 0.5) is 5.69 Å². The van der Waals surface area contributed by atoms with Gasteiger partial charge in [0.2, 0.25) is 0 Å². The smallest absolute Gasteiger partial charge is 0.265 e. The fraction of sp³-hybridized carbons (Fsp3) is 0.316. The van der Waals surface area contributed by atoms with Gasteiger partial charge in [-0.05, 0) is 55.2 Å². The second kappa shape index (κ2) is 7.51. The summed E-state index contributed by atoms with van der Waals surface area (Å²) in [5, 5.41) is 3.40. The fourth-order valence-corrected chi connectivity index (χ4v) is 2.46. The summed E-state index contributed by atoms with van der Waals surface area (Å²) in [6.45, 7) is 7.96. The van der Waals surface area contributed by atoms with Crippen molar-refractivity contribution in [2.75, 3.05) is 5.32 Å². The number of carbonyl (C=O) groups is 1. The molecule has 23 heavy (non-hydrogen) atoms. The highest BCUT2D eigenvalue weighted by Crippen LogP contribution is 2.28. The van der Waals surface area contributed by atoms with E-state index >= 15 is 0 Å². The first-order valence-electron chi connectivity index (χ1n) is 7.70. The van der Waals surface area contributed by atoms with Gasteiger partial charge >= 0.3 is 0 Å². The summed E-state index contributed by atoms with van der Waals surface area (Å²) in [6.07, 6.45) is -0.603. The van der Waals surface area contributed by atoms with Gasteiger partial charge in [0.1, 0.15) is 5.75 Å². The normalized spacial score (nSPS) is 12.1. The summed E-state index contributed by atoms with van der Waals surface area (Å²) >= 11 is 5.93. The molecule has 0 heterocycles. The standard InChI is InChI=1S/C19H22ClNO2/c1-12(2)17-9-8-13(3)10-18(17)23-14(4)19(22)21-16-7-5-6-15(20)11-16/h5-12,14H,1-4H3,(H,21,22)/t14-/m1/s1. The van der Waals surface area contributed by atoms with E-state index in [0.717, 1.165) is 16.9 Å². The monoisotopic (exact) mass is 331 g/mol. The van der Waals surface area contributed by atoms with Crippen LogP contribution >= 0.6 is 11.6 Å². The summed E-state index contributed by atoms with van der Waals surface area (Å²) in [4.78, 5) is 12.3. The van der Waals surface area contributed by atoms with Crippen LogP contribution in [0.25, 0.3) is 0 Å². The maximum Gasteiger partial charge on any atom is 0.265 e. The van der Waals surface area contributed by atoms with Gasteiger partial charge in [0.25, 0.3) is 5.91 Å². The molecular weight excluding hydrogens is 310 g/mol. The molecule has 2 aromatic rings. The van der Waals surface area contributed by atoms with Crippen LogP contribution in [-0.2, 0) is 4.79 Å². The highest BCUT2D eigenvalue weighted by Gasteiger charge is 2.18. The lowest BCUT2D eigenvalue weighted by Gasteiger charge is -2.19. The van der Waals surface area contributed by atoms with E-state index in [1.165, 1.54) is 0 Å². The summed E-state index contributed by atoms with van der Waals surface area (Å²) in [5.74, 6) is 0.881. The summed E-state index contributed by atoms with van der Waals surface area (Å²) in [5.41, 5.74) is 2.86. The van der Waals surface area contributed by atoms with Crippen molar-refractivity contribution in [2.45, 2.75) is 39.7 Å². The van der Waals surface area contributed by atoms with E-state index in [1.807, 2.05) is 13.0 Å². The molecule has 1 amide bonds. The van der Waals surface area contributed by atoms with E-state index in [4.69, 9.17) is 16.3 Å². The Kier molecular flexibility index (Phi) is 5.67. The van der Waals surface area contributed by atoms with Crippen LogP contribution in [-0.4, -0.2) is 12.0 Å². The van der Waals surface area contributed by atoms with Crippen LogP contribution in [0.2, 0.25) is 5.02 Å². The summed E-state index contributed by atoms with van der Waals surface area (Å²) in [7, 11) is 0. The molecule has 0 bridgehead atoms. The molecule has 0 radical (unpaired) electrons. The first-order chi connectivity index (χ1) is 10.9. The Balaban J connectivity index is 2.11. The predicted octanol–water partition coefficient (Wildman–Crippen LogP) is 5.18. The lowest BCUT2D eigenvalue weighted by molar-refractivity contribution is -0.122. The van der Waals surface area contributed by atoms with Gasteiger partial charge < -0.3 is 10.1 Å². The zero-order valence-electron chi connectivity index (χ0n) is 13.9. The quantitative estimate of drug-likeness (QED) is 0.820. The number of hydrogen-bond acceptors (Lipinski definition) is 2. The number of anilines is 1. The number of carbonyl (C=O) groups excluding carboxylic acids is 1. The van der Waals surface area contributed by atoms with E-state index in [2.05, 4.69) is 31.3 Å². The molecule has 0 aliphatic carbocycles. The molecule has 0 spiro atoms. The molecule has 0 saturated heterocycles. The van der Waals surface area contributed by atoms with Crippen LogP contribution in [0.15, 0.2) is 42.5 Å². The minimum absolute atomic E-state index is 0.205. The van der Waals surface area contributed by atoms with Crippen LogP contribution in [0, 0.1) is 6.92 Å². The first kappa shape index (κ1) is 17.4. The second-order valence-electron chi connectivity index (χ2n) is 5.96. The van der Waals surface area contributed by atoms with Gasteiger partial charge in [-0.15, -0.1) is 0 Å². The summed E-state index contributed by atoms with van der Waals surface area (Å²) in [6, 6.07) is 13.1. The van der Waals surface area contributed by atoms with Gasteiger partial charge in [0.15, 0.2) is 6.10 Å². The fourth-order valence-electron chi connectivity index (χ4n) is 2.27. The number of ether oxygens (including phenoxy) is 1. The Labute approximate surface area is 142 Å². The highest BCUT2D eigenvalue weighted by molar-refractivity contribution is 6.30. The van der Waals surface area contributed by atoms with Gasteiger partial charge in [-0.1, -0.05) is 43.6 Å². The number of halogens is 1. The third-order valence-corrected chi connectivity index (χ3v) is 3.79. The average Bonchev–Trinajstić information content (AvgIpc) is 2.46. The Morgan fingerprint density at radius 1 is 1.13 bits per heavy atom. The number of benzene rings is 2. The molecule has 0 aliphatic rings. The Bertz CT molecular complexity index is 698. The largest absolute Gasteiger partial charge is 0.481 e. The van der Waals surface area contributed by atoms with Gasteiger partial charge in [-0.3, -0.25) is 4.79 Å². The van der Waals surface area contributed by atoms with Crippen molar-refractivity contribution in [1.82, 2.24) is 0 Å². The average molecular weight is 332 g/mol. The molecule has 3 nitrogen and oxygen atoms in total. The van der Waals surface area contributed by atoms with Gasteiger partial charge in [-0.25, -0.2) is 0 Å². The lowest BCUT2D eigenvalue weighted by atomic mass is 10.0. The van der Waals surface area contributed by atoms with Crippen LogP contribution < -0.4 is 10.1 Å². The van der Waals surface area contributed by atoms with E-state index in [9.17, 15) is 4.79 Å². The molecule has 0 saturated carbocycles. The van der Waals surface area contributed by atoms with Gasteiger partial charge in [0.05, 0.1) is 0 Å². The van der Waals surface area contributed by atoms with Gasteiger partial charge in [0, 0.05) is 10.7 Å². The van der Waals surface area contributed by atoms with E-state index in [-0.39, 0.29) is 5.91 Å².